The third-order valence-electron chi connectivity index (χ3n) is 9.19. The molecule has 8 heteroatoms. The van der Waals surface area contributed by atoms with E-state index < -0.39 is 19.4 Å². The van der Waals surface area contributed by atoms with Crippen LogP contribution in [0.3, 0.4) is 0 Å². The summed E-state index contributed by atoms with van der Waals surface area (Å²) >= 11 is 0. The van der Waals surface area contributed by atoms with Gasteiger partial charge in [-0.05, 0) is 98.3 Å². The SMILES string of the molecule is CC(C)[C@@H]1CC[C@H](C)[C@H](OP(=O)(O[C@@H]2C[C@H](C(C)C)CC[C@@H]2C)[C@H](OC(=O)/C=C/c2ccco2)c2cccnc2)C1. The molecule has 2 heterocycles. The zero-order valence-corrected chi connectivity index (χ0v) is 26.4. The van der Waals surface area contributed by atoms with Gasteiger partial charge in [0.05, 0.1) is 18.5 Å². The summed E-state index contributed by atoms with van der Waals surface area (Å²) in [6.45, 7) is 13.2. The van der Waals surface area contributed by atoms with Gasteiger partial charge in [0, 0.05) is 24.0 Å². The zero-order chi connectivity index (χ0) is 29.6. The Morgan fingerprint density at radius 1 is 0.951 bits per heavy atom. The number of pyridine rings is 1. The van der Waals surface area contributed by atoms with Crippen LogP contribution in [-0.4, -0.2) is 23.2 Å². The molecule has 2 aromatic rings. The lowest BCUT2D eigenvalue weighted by molar-refractivity contribution is -0.141. The van der Waals surface area contributed by atoms with Crippen molar-refractivity contribution in [1.29, 1.82) is 0 Å². The van der Waals surface area contributed by atoms with Crippen LogP contribution >= 0.6 is 7.60 Å². The van der Waals surface area contributed by atoms with Gasteiger partial charge in [0.1, 0.15) is 5.76 Å². The van der Waals surface area contributed by atoms with Crippen molar-refractivity contribution in [1.82, 2.24) is 4.98 Å². The minimum atomic E-state index is -4.05. The quantitative estimate of drug-likeness (QED) is 0.148. The second-order valence-electron chi connectivity index (χ2n) is 12.8. The van der Waals surface area contributed by atoms with Crippen LogP contribution in [0.5, 0.6) is 0 Å². The maximum atomic E-state index is 15.3. The van der Waals surface area contributed by atoms with Crippen molar-refractivity contribution in [3.05, 3.63) is 60.3 Å². The van der Waals surface area contributed by atoms with E-state index in [2.05, 4.69) is 46.5 Å². The molecule has 0 N–H and O–H groups in total. The molecular formula is C33H48NO6P. The number of rotatable bonds is 11. The topological polar surface area (TPSA) is 87.9 Å². The van der Waals surface area contributed by atoms with Gasteiger partial charge in [0.2, 0.25) is 5.85 Å². The molecule has 2 aliphatic rings. The highest BCUT2D eigenvalue weighted by atomic mass is 31.2. The number of hydrogen-bond donors (Lipinski definition) is 0. The molecule has 0 amide bonds. The highest BCUT2D eigenvalue weighted by Gasteiger charge is 2.48. The molecule has 2 aromatic heterocycles. The molecule has 0 saturated heterocycles. The Bertz CT molecular complexity index is 1130. The molecule has 41 heavy (non-hydrogen) atoms. The first kappa shape index (κ1) is 31.7. The molecule has 7 atom stereocenters. The number of hydrogen-bond acceptors (Lipinski definition) is 7. The predicted octanol–water partition coefficient (Wildman–Crippen LogP) is 9.08. The molecule has 226 valence electrons. The maximum absolute atomic E-state index is 15.3. The lowest BCUT2D eigenvalue weighted by Gasteiger charge is -2.42. The van der Waals surface area contributed by atoms with E-state index in [1.807, 2.05) is 0 Å². The van der Waals surface area contributed by atoms with E-state index in [1.165, 1.54) is 18.4 Å². The van der Waals surface area contributed by atoms with E-state index in [9.17, 15) is 4.79 Å². The number of nitrogens with zero attached hydrogens (tertiary/aromatic N) is 1. The van der Waals surface area contributed by atoms with Crippen LogP contribution in [0.1, 0.15) is 97.2 Å². The van der Waals surface area contributed by atoms with E-state index in [0.29, 0.717) is 35.0 Å². The first-order valence-corrected chi connectivity index (χ1v) is 17.0. The third-order valence-corrected chi connectivity index (χ3v) is 11.3. The Hall–Kier alpha value is -2.21. The summed E-state index contributed by atoms with van der Waals surface area (Å²) < 4.78 is 39.9. The zero-order valence-electron chi connectivity index (χ0n) is 25.5. The largest absolute Gasteiger partial charge is 0.465 e. The van der Waals surface area contributed by atoms with E-state index in [0.717, 1.165) is 38.5 Å². The molecule has 0 bridgehead atoms. The lowest BCUT2D eigenvalue weighted by atomic mass is 9.76. The summed E-state index contributed by atoms with van der Waals surface area (Å²) in [5, 5.41) is 0. The van der Waals surface area contributed by atoms with Gasteiger partial charge in [-0.1, -0.05) is 47.6 Å². The van der Waals surface area contributed by atoms with Gasteiger partial charge < -0.3 is 18.2 Å². The normalized spacial score (nSPS) is 28.3. The van der Waals surface area contributed by atoms with Gasteiger partial charge in [-0.25, -0.2) is 4.79 Å². The van der Waals surface area contributed by atoms with Crippen molar-refractivity contribution in [2.24, 2.45) is 35.5 Å². The molecule has 0 radical (unpaired) electrons. The van der Waals surface area contributed by atoms with Gasteiger partial charge in [-0.15, -0.1) is 0 Å². The van der Waals surface area contributed by atoms with Gasteiger partial charge in [0.15, 0.2) is 0 Å². The fraction of sp³-hybridized carbons (Fsp3) is 0.636. The number of carbonyl (C=O) groups is 1. The highest BCUT2D eigenvalue weighted by Crippen LogP contribution is 2.65. The molecule has 4 rings (SSSR count). The predicted molar refractivity (Wildman–Crippen MR) is 161 cm³/mol. The second-order valence-corrected chi connectivity index (χ2v) is 14.8. The van der Waals surface area contributed by atoms with Crippen LogP contribution in [-0.2, 0) is 23.1 Å². The first-order chi connectivity index (χ1) is 19.6. The average molecular weight is 586 g/mol. The molecule has 2 saturated carbocycles. The Labute approximate surface area is 246 Å². The van der Waals surface area contributed by atoms with Crippen molar-refractivity contribution in [3.63, 3.8) is 0 Å². The van der Waals surface area contributed by atoms with Crippen molar-refractivity contribution in [3.8, 4) is 0 Å². The highest BCUT2D eigenvalue weighted by molar-refractivity contribution is 7.54. The number of esters is 1. The molecule has 2 aliphatic carbocycles. The minimum absolute atomic E-state index is 0.207. The number of ether oxygens (including phenoxy) is 1. The lowest BCUT2D eigenvalue weighted by Crippen LogP contribution is -2.35. The van der Waals surface area contributed by atoms with Crippen molar-refractivity contribution >= 4 is 19.6 Å². The van der Waals surface area contributed by atoms with E-state index in [-0.39, 0.29) is 24.0 Å². The van der Waals surface area contributed by atoms with Crippen molar-refractivity contribution < 1.29 is 27.6 Å². The van der Waals surface area contributed by atoms with Crippen LogP contribution in [0, 0.1) is 35.5 Å². The van der Waals surface area contributed by atoms with E-state index >= 15 is 4.57 Å². The summed E-state index contributed by atoms with van der Waals surface area (Å²) in [7, 11) is -4.05. The molecular weight excluding hydrogens is 537 g/mol. The Morgan fingerprint density at radius 2 is 1.56 bits per heavy atom. The number of carbonyl (C=O) groups excluding carboxylic acids is 1. The Kier molecular flexibility index (Phi) is 11.1. The third kappa shape index (κ3) is 8.43. The monoisotopic (exact) mass is 585 g/mol. The second kappa shape index (κ2) is 14.3. The molecule has 0 aliphatic heterocycles. The van der Waals surface area contributed by atoms with E-state index in [4.69, 9.17) is 18.2 Å². The van der Waals surface area contributed by atoms with Crippen LogP contribution in [0.2, 0.25) is 0 Å². The molecule has 2 fully saturated rings. The van der Waals surface area contributed by atoms with Gasteiger partial charge >= 0.3 is 13.6 Å². The Morgan fingerprint density at radius 3 is 2.05 bits per heavy atom. The average Bonchev–Trinajstić information content (AvgIpc) is 3.47. The smallest absolute Gasteiger partial charge is 0.376 e. The number of furan rings is 1. The summed E-state index contributed by atoms with van der Waals surface area (Å²) in [6, 6.07) is 6.99. The number of aromatic nitrogens is 1. The molecule has 0 aromatic carbocycles. The maximum Gasteiger partial charge on any atom is 0.376 e. The van der Waals surface area contributed by atoms with Gasteiger partial charge in [-0.3, -0.25) is 9.55 Å². The minimum Gasteiger partial charge on any atom is -0.465 e. The Balaban J connectivity index is 1.69. The van der Waals surface area contributed by atoms with Crippen molar-refractivity contribution in [2.45, 2.75) is 98.1 Å². The van der Waals surface area contributed by atoms with Crippen LogP contribution in [0.25, 0.3) is 6.08 Å². The van der Waals surface area contributed by atoms with Gasteiger partial charge in [0.25, 0.3) is 0 Å². The summed E-state index contributed by atoms with van der Waals surface area (Å²) in [5.41, 5.74) is 0.489. The molecule has 7 nitrogen and oxygen atoms in total. The summed E-state index contributed by atoms with van der Waals surface area (Å²) in [5.74, 6) is 0.965. The molecule has 0 unspecified atom stereocenters. The van der Waals surface area contributed by atoms with Crippen LogP contribution in [0.4, 0.5) is 0 Å². The van der Waals surface area contributed by atoms with Crippen LogP contribution in [0.15, 0.2) is 53.4 Å². The standard InChI is InChI=1S/C33H48NO6P/c1-22(2)26-13-11-24(5)30(19-26)39-41(36,40-31-20-27(23(3)4)14-12-25(31)6)33(28-9-7-17-34-21-28)38-32(35)16-15-29-10-8-18-37-29/h7-10,15-18,21-27,30-31,33H,11-14,19-20H2,1-6H3/b16-15+/t24-,25-,26+,27+,30+,31+,33-/m0/s1. The van der Waals surface area contributed by atoms with Gasteiger partial charge in [-0.2, -0.15) is 0 Å². The van der Waals surface area contributed by atoms with E-state index in [1.54, 1.807) is 36.7 Å². The van der Waals surface area contributed by atoms with Crippen LogP contribution < -0.4 is 0 Å². The summed E-state index contributed by atoms with van der Waals surface area (Å²) in [4.78, 5) is 17.4. The first-order valence-electron chi connectivity index (χ1n) is 15.3. The fourth-order valence-corrected chi connectivity index (χ4v) is 8.53. The molecule has 0 spiro atoms. The fourth-order valence-electron chi connectivity index (χ4n) is 6.16. The summed E-state index contributed by atoms with van der Waals surface area (Å²) in [6.07, 6.45) is 12.9. The van der Waals surface area contributed by atoms with Crippen molar-refractivity contribution in [2.75, 3.05) is 0 Å².